The Hall–Kier alpha value is -1.36. The zero-order chi connectivity index (χ0) is 13.0. The molecule has 1 unspecified atom stereocenters. The molecule has 0 aromatic carbocycles. The highest BCUT2D eigenvalue weighted by Crippen LogP contribution is 2.23. The molecule has 0 spiro atoms. The number of aliphatic hydroxyl groups excluding tert-OH is 1. The summed E-state index contributed by atoms with van der Waals surface area (Å²) < 4.78 is 0. The second-order valence-electron chi connectivity index (χ2n) is 4.80. The van der Waals surface area contributed by atoms with Crippen LogP contribution in [0.2, 0.25) is 0 Å². The van der Waals surface area contributed by atoms with Crippen LogP contribution in [0.5, 0.6) is 0 Å². The van der Waals surface area contributed by atoms with E-state index in [0.29, 0.717) is 5.82 Å². The molecule has 3 N–H and O–H groups in total. The van der Waals surface area contributed by atoms with Crippen LogP contribution in [0.4, 0.5) is 11.6 Å². The molecule has 1 atom stereocenters. The van der Waals surface area contributed by atoms with Gasteiger partial charge in [0.15, 0.2) is 0 Å². The minimum absolute atomic E-state index is 0.159. The predicted molar refractivity (Wildman–Crippen MR) is 72.5 cm³/mol. The summed E-state index contributed by atoms with van der Waals surface area (Å²) in [5.74, 6) is 2.14. The lowest BCUT2D eigenvalue weighted by Gasteiger charge is -2.30. The molecule has 5 heteroatoms. The highest BCUT2D eigenvalue weighted by Gasteiger charge is 2.22. The van der Waals surface area contributed by atoms with Gasteiger partial charge in [0.1, 0.15) is 17.5 Å². The number of rotatable bonds is 3. The largest absolute Gasteiger partial charge is 0.394 e. The molecule has 1 aromatic rings. The highest BCUT2D eigenvalue weighted by molar-refractivity contribution is 5.48. The molecule has 5 nitrogen and oxygen atoms in total. The molecule has 1 fully saturated rings. The second-order valence-corrected chi connectivity index (χ2v) is 4.80. The topological polar surface area (TPSA) is 75.3 Å². The molecule has 2 rings (SSSR count). The van der Waals surface area contributed by atoms with Crippen LogP contribution in [-0.2, 0) is 6.42 Å². The quantitative estimate of drug-likeness (QED) is 0.847. The first-order valence-electron chi connectivity index (χ1n) is 6.75. The van der Waals surface area contributed by atoms with Crippen LogP contribution in [0.25, 0.3) is 0 Å². The third-order valence-corrected chi connectivity index (χ3v) is 3.48. The number of nitrogen functional groups attached to an aromatic ring is 1. The zero-order valence-electron chi connectivity index (χ0n) is 11.0. The first-order chi connectivity index (χ1) is 8.74. The van der Waals surface area contributed by atoms with Gasteiger partial charge >= 0.3 is 0 Å². The predicted octanol–water partition coefficient (Wildman–Crippen LogP) is 1.36. The van der Waals surface area contributed by atoms with Crippen molar-refractivity contribution in [3.8, 4) is 0 Å². The number of hydrogen-bond acceptors (Lipinski definition) is 5. The fourth-order valence-electron chi connectivity index (χ4n) is 2.48. The van der Waals surface area contributed by atoms with Gasteiger partial charge in [-0.2, -0.15) is 0 Å². The first kappa shape index (κ1) is 13.1. The van der Waals surface area contributed by atoms with Gasteiger partial charge in [-0.15, -0.1) is 0 Å². The Morgan fingerprint density at radius 1 is 1.39 bits per heavy atom. The van der Waals surface area contributed by atoms with Crippen molar-refractivity contribution in [2.75, 3.05) is 23.8 Å². The molecular formula is C13H22N4O. The third kappa shape index (κ3) is 2.90. The van der Waals surface area contributed by atoms with Gasteiger partial charge in [0, 0.05) is 19.0 Å². The highest BCUT2D eigenvalue weighted by atomic mass is 16.3. The van der Waals surface area contributed by atoms with Crippen LogP contribution in [0, 0.1) is 0 Å². The Morgan fingerprint density at radius 3 is 2.94 bits per heavy atom. The molecule has 1 aliphatic rings. The molecule has 0 bridgehead atoms. The van der Waals surface area contributed by atoms with E-state index in [1.165, 1.54) is 12.8 Å². The second kappa shape index (κ2) is 6.00. The molecule has 1 aromatic heterocycles. The molecule has 1 saturated heterocycles. The van der Waals surface area contributed by atoms with Gasteiger partial charge in [-0.1, -0.05) is 19.8 Å². The average Bonchev–Trinajstić information content (AvgIpc) is 2.62. The lowest BCUT2D eigenvalue weighted by Crippen LogP contribution is -2.38. The number of hydrogen-bond donors (Lipinski definition) is 2. The minimum Gasteiger partial charge on any atom is -0.394 e. The number of aromatic nitrogens is 2. The monoisotopic (exact) mass is 250 g/mol. The summed E-state index contributed by atoms with van der Waals surface area (Å²) in [7, 11) is 0. The van der Waals surface area contributed by atoms with E-state index in [1.54, 1.807) is 0 Å². The summed E-state index contributed by atoms with van der Waals surface area (Å²) in [4.78, 5) is 10.9. The Bertz CT molecular complexity index is 397. The summed E-state index contributed by atoms with van der Waals surface area (Å²) in [5.41, 5.74) is 5.83. The zero-order valence-corrected chi connectivity index (χ0v) is 11.0. The third-order valence-electron chi connectivity index (χ3n) is 3.48. The van der Waals surface area contributed by atoms with Crippen LogP contribution in [0.3, 0.4) is 0 Å². The Labute approximate surface area is 108 Å². The lowest BCUT2D eigenvalue weighted by molar-refractivity contribution is 0.254. The van der Waals surface area contributed by atoms with E-state index in [9.17, 15) is 5.11 Å². The Morgan fingerprint density at radius 2 is 2.22 bits per heavy atom. The summed E-state index contributed by atoms with van der Waals surface area (Å²) >= 11 is 0. The van der Waals surface area contributed by atoms with E-state index in [4.69, 9.17) is 5.73 Å². The smallest absolute Gasteiger partial charge is 0.134 e. The molecule has 2 heterocycles. The summed E-state index contributed by atoms with van der Waals surface area (Å²) in [6.45, 7) is 3.13. The summed E-state index contributed by atoms with van der Waals surface area (Å²) in [5, 5.41) is 9.53. The molecule has 0 aliphatic carbocycles. The Kier molecular flexibility index (Phi) is 4.36. The van der Waals surface area contributed by atoms with Gasteiger partial charge in [-0.25, -0.2) is 9.97 Å². The van der Waals surface area contributed by atoms with Gasteiger partial charge < -0.3 is 15.7 Å². The van der Waals surface area contributed by atoms with Crippen LogP contribution >= 0.6 is 0 Å². The van der Waals surface area contributed by atoms with E-state index in [0.717, 1.165) is 37.4 Å². The van der Waals surface area contributed by atoms with Crippen LogP contribution < -0.4 is 10.6 Å². The first-order valence-corrected chi connectivity index (χ1v) is 6.75. The molecule has 0 saturated carbocycles. The number of nitrogens with two attached hydrogens (primary N) is 1. The van der Waals surface area contributed by atoms with Gasteiger partial charge in [-0.05, 0) is 12.8 Å². The van der Waals surface area contributed by atoms with Crippen molar-refractivity contribution in [1.82, 2.24) is 9.97 Å². The standard InChI is InChI=1S/C13H22N4O/c1-2-12-15-11(14)8-13(16-12)17-7-5-3-4-6-10(17)9-18/h8,10,18H,2-7,9H2,1H3,(H2,14,15,16). The number of aryl methyl sites for hydroxylation is 1. The van der Waals surface area contributed by atoms with Gasteiger partial charge in [-0.3, -0.25) is 0 Å². The van der Waals surface area contributed by atoms with Gasteiger partial charge in [0.2, 0.25) is 0 Å². The number of anilines is 2. The maximum Gasteiger partial charge on any atom is 0.134 e. The van der Waals surface area contributed by atoms with Gasteiger partial charge in [0.25, 0.3) is 0 Å². The van der Waals surface area contributed by atoms with E-state index in [1.807, 2.05) is 13.0 Å². The van der Waals surface area contributed by atoms with Crippen molar-refractivity contribution in [1.29, 1.82) is 0 Å². The van der Waals surface area contributed by atoms with E-state index in [-0.39, 0.29) is 12.6 Å². The van der Waals surface area contributed by atoms with Crippen molar-refractivity contribution < 1.29 is 5.11 Å². The molecule has 100 valence electrons. The van der Waals surface area contributed by atoms with E-state index in [2.05, 4.69) is 14.9 Å². The van der Waals surface area contributed by atoms with Crippen LogP contribution in [-0.4, -0.2) is 34.3 Å². The van der Waals surface area contributed by atoms with Crippen LogP contribution in [0.15, 0.2) is 6.07 Å². The summed E-state index contributed by atoms with van der Waals surface area (Å²) in [6, 6.07) is 1.97. The molecule has 0 radical (unpaired) electrons. The van der Waals surface area contributed by atoms with Crippen molar-refractivity contribution >= 4 is 11.6 Å². The fourth-order valence-corrected chi connectivity index (χ4v) is 2.48. The van der Waals surface area contributed by atoms with E-state index < -0.39 is 0 Å². The van der Waals surface area contributed by atoms with Crippen molar-refractivity contribution in [2.24, 2.45) is 0 Å². The number of nitrogens with zero attached hydrogens (tertiary/aromatic N) is 3. The van der Waals surface area contributed by atoms with Crippen LogP contribution in [0.1, 0.15) is 38.4 Å². The number of aliphatic hydroxyl groups is 1. The van der Waals surface area contributed by atoms with Crippen molar-refractivity contribution in [2.45, 2.75) is 45.1 Å². The molecular weight excluding hydrogens is 228 g/mol. The summed E-state index contributed by atoms with van der Waals surface area (Å²) in [6.07, 6.45) is 5.32. The van der Waals surface area contributed by atoms with E-state index >= 15 is 0 Å². The minimum atomic E-state index is 0.159. The average molecular weight is 250 g/mol. The maximum absolute atomic E-state index is 9.53. The fraction of sp³-hybridized carbons (Fsp3) is 0.692. The molecule has 0 amide bonds. The molecule has 18 heavy (non-hydrogen) atoms. The van der Waals surface area contributed by atoms with Crippen molar-refractivity contribution in [3.63, 3.8) is 0 Å². The van der Waals surface area contributed by atoms with Gasteiger partial charge in [0.05, 0.1) is 12.6 Å². The maximum atomic E-state index is 9.53. The lowest BCUT2D eigenvalue weighted by atomic mass is 10.1. The Balaban J connectivity index is 2.29. The van der Waals surface area contributed by atoms with Crippen molar-refractivity contribution in [3.05, 3.63) is 11.9 Å². The molecule has 1 aliphatic heterocycles. The normalized spacial score (nSPS) is 20.8. The SMILES string of the molecule is CCc1nc(N)cc(N2CCCCCC2CO)n1.